The first-order valence-corrected chi connectivity index (χ1v) is 13.8. The van der Waals surface area contributed by atoms with E-state index in [0.29, 0.717) is 23.4 Å². The van der Waals surface area contributed by atoms with Crippen LogP contribution in [0, 0.1) is 6.92 Å². The minimum Gasteiger partial charge on any atom is -0.463 e. The smallest absolute Gasteiger partial charge is 0.336 e. The van der Waals surface area contributed by atoms with Crippen LogP contribution in [0.5, 0.6) is 0 Å². The molecular weight excluding hydrogens is 494 g/mol. The predicted octanol–water partition coefficient (Wildman–Crippen LogP) is 3.80. The number of morpholine rings is 1. The molecule has 2 aliphatic heterocycles. The molecule has 1 N–H and O–H groups in total. The Hall–Kier alpha value is -3.49. The van der Waals surface area contributed by atoms with Crippen molar-refractivity contribution in [1.82, 2.24) is 15.1 Å². The second-order valence-corrected chi connectivity index (χ2v) is 10.1. The highest BCUT2D eigenvalue weighted by Crippen LogP contribution is 2.38. The van der Waals surface area contributed by atoms with Gasteiger partial charge < -0.3 is 19.7 Å². The Labute approximate surface area is 231 Å². The highest BCUT2D eigenvalue weighted by Gasteiger charge is 2.37. The molecule has 2 heterocycles. The lowest BCUT2D eigenvalue weighted by molar-refractivity contribution is -0.140. The van der Waals surface area contributed by atoms with Gasteiger partial charge in [-0.3, -0.25) is 14.5 Å². The summed E-state index contributed by atoms with van der Waals surface area (Å²) in [4.78, 5) is 43.2. The van der Waals surface area contributed by atoms with Crippen molar-refractivity contribution in [2.24, 2.45) is 0 Å². The first kappa shape index (κ1) is 28.5. The maximum absolute atomic E-state index is 13.4. The number of amides is 2. The van der Waals surface area contributed by atoms with Crippen molar-refractivity contribution in [3.05, 3.63) is 82.1 Å². The second-order valence-electron chi connectivity index (χ2n) is 10.1. The normalized spacial score (nSPS) is 18.3. The van der Waals surface area contributed by atoms with Gasteiger partial charge >= 0.3 is 5.97 Å². The van der Waals surface area contributed by atoms with Crippen molar-refractivity contribution in [3.8, 4) is 0 Å². The molecular formula is C31H39N3O5. The van der Waals surface area contributed by atoms with E-state index in [0.717, 1.165) is 56.0 Å². The van der Waals surface area contributed by atoms with E-state index in [4.69, 9.17) is 9.47 Å². The Morgan fingerprint density at radius 2 is 1.85 bits per heavy atom. The Bertz CT molecular complexity index is 1220. The fourth-order valence-corrected chi connectivity index (χ4v) is 5.27. The second kappa shape index (κ2) is 13.5. The van der Waals surface area contributed by atoms with Gasteiger partial charge in [0.1, 0.15) is 0 Å². The summed E-state index contributed by atoms with van der Waals surface area (Å²) in [5.74, 6) is -0.959. The lowest BCUT2D eigenvalue weighted by Gasteiger charge is -2.34. The third-order valence-electron chi connectivity index (χ3n) is 7.33. The SMILES string of the molecule is CCOC(=O)C1=C(C)N(Cc2cccc(C(=O)NCCCN3CCOCC3)c2)C(=O)C[C@H]1c1cccc(C)c1. The van der Waals surface area contributed by atoms with Crippen LogP contribution in [0.1, 0.15) is 59.7 Å². The number of nitrogens with one attached hydrogen (secondary N) is 1. The van der Waals surface area contributed by atoms with Gasteiger partial charge in [-0.15, -0.1) is 0 Å². The number of ether oxygens (including phenoxy) is 2. The maximum atomic E-state index is 13.4. The van der Waals surface area contributed by atoms with Gasteiger partial charge in [-0.2, -0.15) is 0 Å². The van der Waals surface area contributed by atoms with Crippen molar-refractivity contribution >= 4 is 17.8 Å². The number of carbonyl (C=O) groups is 3. The molecule has 2 aliphatic rings. The van der Waals surface area contributed by atoms with E-state index in [1.807, 2.05) is 49.4 Å². The van der Waals surface area contributed by atoms with Gasteiger partial charge in [0, 0.05) is 43.2 Å². The first-order valence-electron chi connectivity index (χ1n) is 13.8. The monoisotopic (exact) mass is 533 g/mol. The fourth-order valence-electron chi connectivity index (χ4n) is 5.27. The highest BCUT2D eigenvalue weighted by molar-refractivity contribution is 5.96. The van der Waals surface area contributed by atoms with Crippen molar-refractivity contribution in [1.29, 1.82) is 0 Å². The lowest BCUT2D eigenvalue weighted by atomic mass is 9.83. The van der Waals surface area contributed by atoms with Gasteiger partial charge in [0.2, 0.25) is 5.91 Å². The molecule has 2 aromatic rings. The van der Waals surface area contributed by atoms with Gasteiger partial charge in [-0.1, -0.05) is 42.0 Å². The summed E-state index contributed by atoms with van der Waals surface area (Å²) < 4.78 is 10.8. The zero-order valence-electron chi connectivity index (χ0n) is 23.2. The molecule has 0 spiro atoms. The molecule has 1 fully saturated rings. The standard InChI is InChI=1S/C31H39N3O5/c1-4-39-31(37)29-23(3)34(28(35)20-27(29)25-10-5-8-22(2)18-25)21-24-9-6-11-26(19-24)30(36)32-12-7-13-33-14-16-38-17-15-33/h5-6,8-11,18-19,27H,4,7,12-17,20-21H2,1-3H3,(H,32,36)/t27-/m0/s1. The van der Waals surface area contributed by atoms with Gasteiger partial charge in [-0.25, -0.2) is 4.79 Å². The van der Waals surface area contributed by atoms with Gasteiger partial charge in [0.25, 0.3) is 5.91 Å². The summed E-state index contributed by atoms with van der Waals surface area (Å²) in [6, 6.07) is 15.2. The van der Waals surface area contributed by atoms with E-state index in [2.05, 4.69) is 10.2 Å². The summed E-state index contributed by atoms with van der Waals surface area (Å²) in [7, 11) is 0. The number of hydrogen-bond acceptors (Lipinski definition) is 6. The third kappa shape index (κ3) is 7.34. The van der Waals surface area contributed by atoms with E-state index in [9.17, 15) is 14.4 Å². The summed E-state index contributed by atoms with van der Waals surface area (Å²) in [5, 5.41) is 3.00. The Balaban J connectivity index is 1.46. The molecule has 39 heavy (non-hydrogen) atoms. The minimum atomic E-state index is -0.399. The number of hydrogen-bond donors (Lipinski definition) is 1. The zero-order valence-corrected chi connectivity index (χ0v) is 23.2. The van der Waals surface area contributed by atoms with Crippen LogP contribution in [0.25, 0.3) is 0 Å². The highest BCUT2D eigenvalue weighted by atomic mass is 16.5. The summed E-state index contributed by atoms with van der Waals surface area (Å²) in [5.41, 5.74) is 4.47. The van der Waals surface area contributed by atoms with Crippen LogP contribution in [0.15, 0.2) is 59.8 Å². The van der Waals surface area contributed by atoms with Crippen LogP contribution in [-0.2, 0) is 25.6 Å². The number of nitrogens with zero attached hydrogens (tertiary/aromatic N) is 2. The number of benzene rings is 2. The van der Waals surface area contributed by atoms with Crippen LogP contribution in [-0.4, -0.2) is 73.6 Å². The van der Waals surface area contributed by atoms with Crippen molar-refractivity contribution in [2.45, 2.75) is 46.1 Å². The lowest BCUT2D eigenvalue weighted by Crippen LogP contribution is -2.38. The van der Waals surface area contributed by atoms with Gasteiger partial charge in [0.05, 0.1) is 31.9 Å². The largest absolute Gasteiger partial charge is 0.463 e. The van der Waals surface area contributed by atoms with Crippen molar-refractivity contribution < 1.29 is 23.9 Å². The predicted molar refractivity (Wildman–Crippen MR) is 149 cm³/mol. The number of aryl methyl sites for hydroxylation is 1. The number of carbonyl (C=O) groups excluding carboxylic acids is 3. The third-order valence-corrected chi connectivity index (χ3v) is 7.33. The van der Waals surface area contributed by atoms with Crippen LogP contribution in [0.2, 0.25) is 0 Å². The van der Waals surface area contributed by atoms with Crippen molar-refractivity contribution in [2.75, 3.05) is 46.0 Å². The van der Waals surface area contributed by atoms with E-state index < -0.39 is 5.97 Å². The summed E-state index contributed by atoms with van der Waals surface area (Å²) in [6.45, 7) is 11.0. The summed E-state index contributed by atoms with van der Waals surface area (Å²) in [6.07, 6.45) is 1.05. The van der Waals surface area contributed by atoms with E-state index in [-0.39, 0.29) is 37.3 Å². The van der Waals surface area contributed by atoms with Gasteiger partial charge in [0.15, 0.2) is 0 Å². The van der Waals surface area contributed by atoms with Gasteiger partial charge in [-0.05, 0) is 57.0 Å². The average molecular weight is 534 g/mol. The molecule has 1 saturated heterocycles. The van der Waals surface area contributed by atoms with Crippen LogP contribution >= 0.6 is 0 Å². The maximum Gasteiger partial charge on any atom is 0.336 e. The molecule has 1 atom stereocenters. The number of rotatable bonds is 10. The average Bonchev–Trinajstić information content (AvgIpc) is 2.93. The molecule has 2 amide bonds. The van der Waals surface area contributed by atoms with E-state index >= 15 is 0 Å². The number of allylic oxidation sites excluding steroid dienone is 1. The molecule has 0 bridgehead atoms. The first-order chi connectivity index (χ1) is 18.9. The van der Waals surface area contributed by atoms with Crippen LogP contribution < -0.4 is 5.32 Å². The molecule has 8 heteroatoms. The molecule has 0 aliphatic carbocycles. The molecule has 0 radical (unpaired) electrons. The molecule has 208 valence electrons. The Morgan fingerprint density at radius 1 is 1.08 bits per heavy atom. The van der Waals surface area contributed by atoms with Crippen LogP contribution in [0.3, 0.4) is 0 Å². The van der Waals surface area contributed by atoms with Crippen LogP contribution in [0.4, 0.5) is 0 Å². The molecule has 0 saturated carbocycles. The molecule has 0 unspecified atom stereocenters. The zero-order chi connectivity index (χ0) is 27.8. The molecule has 8 nitrogen and oxygen atoms in total. The Kier molecular flexibility index (Phi) is 9.90. The number of esters is 1. The molecule has 4 rings (SSSR count). The molecule has 2 aromatic carbocycles. The van der Waals surface area contributed by atoms with E-state index in [1.165, 1.54) is 0 Å². The quantitative estimate of drug-likeness (QED) is 0.369. The van der Waals surface area contributed by atoms with E-state index in [1.54, 1.807) is 24.8 Å². The topological polar surface area (TPSA) is 88.2 Å². The summed E-state index contributed by atoms with van der Waals surface area (Å²) >= 11 is 0. The molecule has 0 aromatic heterocycles. The van der Waals surface area contributed by atoms with Crippen molar-refractivity contribution in [3.63, 3.8) is 0 Å². The minimum absolute atomic E-state index is 0.0648. The Morgan fingerprint density at radius 3 is 2.59 bits per heavy atom. The fraction of sp³-hybridized carbons (Fsp3) is 0.452.